The van der Waals surface area contributed by atoms with E-state index < -0.39 is 45.2 Å². The van der Waals surface area contributed by atoms with E-state index >= 15 is 0 Å². The van der Waals surface area contributed by atoms with Crippen molar-refractivity contribution in [2.75, 3.05) is 23.7 Å². The molecule has 0 aliphatic heterocycles. The van der Waals surface area contributed by atoms with Crippen LogP contribution >= 0.6 is 0 Å². The van der Waals surface area contributed by atoms with Gasteiger partial charge in [-0.1, -0.05) is 61.5 Å². The van der Waals surface area contributed by atoms with Crippen LogP contribution in [0.15, 0.2) is 78.9 Å². The molecule has 212 valence electrons. The van der Waals surface area contributed by atoms with Crippen LogP contribution in [-0.4, -0.2) is 55.4 Å². The monoisotopic (exact) mass is 570 g/mol. The van der Waals surface area contributed by atoms with Gasteiger partial charge in [-0.15, -0.1) is 0 Å². The van der Waals surface area contributed by atoms with E-state index in [-0.39, 0.29) is 29.9 Å². The number of carbonyl (C=O) groups is 2. The van der Waals surface area contributed by atoms with Gasteiger partial charge in [0.15, 0.2) is 0 Å². The van der Waals surface area contributed by atoms with Crippen LogP contribution in [0.25, 0.3) is 0 Å². The molecule has 12 heteroatoms. The molecule has 0 saturated carbocycles. The summed E-state index contributed by atoms with van der Waals surface area (Å²) in [5, 5.41) is 14.1. The number of nitro benzene ring substituents is 1. The Balaban J connectivity index is 2.07. The van der Waals surface area contributed by atoms with Crippen molar-refractivity contribution in [1.82, 2.24) is 10.2 Å². The van der Waals surface area contributed by atoms with Crippen molar-refractivity contribution in [3.05, 3.63) is 106 Å². The Morgan fingerprint density at radius 3 is 2.33 bits per heavy atom. The number of nitrogens with zero attached hydrogens (tertiary/aromatic N) is 3. The highest BCUT2D eigenvalue weighted by Crippen LogP contribution is 2.24. The van der Waals surface area contributed by atoms with Crippen LogP contribution in [0.3, 0.4) is 0 Å². The van der Waals surface area contributed by atoms with Gasteiger partial charge in [0.2, 0.25) is 21.8 Å². The zero-order valence-corrected chi connectivity index (χ0v) is 23.0. The molecule has 0 aliphatic carbocycles. The third-order valence-electron chi connectivity index (χ3n) is 6.13. The first kappa shape index (κ1) is 30.2. The quantitative estimate of drug-likeness (QED) is 0.247. The van der Waals surface area contributed by atoms with Crippen molar-refractivity contribution in [2.45, 2.75) is 32.4 Å². The summed E-state index contributed by atoms with van der Waals surface area (Å²) in [5.74, 6) is -1.85. The molecule has 0 saturated heterocycles. The first-order valence-electron chi connectivity index (χ1n) is 12.6. The minimum atomic E-state index is -4.10. The second-order valence-corrected chi connectivity index (χ2v) is 11.1. The van der Waals surface area contributed by atoms with Crippen LogP contribution in [0.4, 0.5) is 15.8 Å². The van der Waals surface area contributed by atoms with Crippen molar-refractivity contribution < 1.29 is 27.3 Å². The van der Waals surface area contributed by atoms with Gasteiger partial charge >= 0.3 is 0 Å². The molecule has 2 amide bonds. The van der Waals surface area contributed by atoms with E-state index in [9.17, 15) is 32.5 Å². The number of amides is 2. The average molecular weight is 571 g/mol. The number of hydrogen-bond acceptors (Lipinski definition) is 6. The summed E-state index contributed by atoms with van der Waals surface area (Å²) >= 11 is 0. The lowest BCUT2D eigenvalue weighted by Crippen LogP contribution is -2.53. The molecule has 0 aromatic heterocycles. The standard InChI is InChI=1S/C28H31FN4O6S/c1-3-16-30-28(35)26(17-21-10-5-4-6-11-21)31(19-22-12-7-8-15-25(22)29)27(34)20-32(40(2,38)39)23-13-9-14-24(18-23)33(36)37/h4-15,18,26H,3,16-17,19-20H2,1-2H3,(H,30,35)/t26-/m1/s1. The number of nitro groups is 1. The van der Waals surface area contributed by atoms with Crippen molar-refractivity contribution in [3.8, 4) is 0 Å². The molecule has 0 heterocycles. The molecule has 0 radical (unpaired) electrons. The van der Waals surface area contributed by atoms with Crippen molar-refractivity contribution in [3.63, 3.8) is 0 Å². The SMILES string of the molecule is CCCNC(=O)[C@@H](Cc1ccccc1)N(Cc1ccccc1F)C(=O)CN(c1cccc([N+](=O)[O-])c1)S(C)(=O)=O. The minimum Gasteiger partial charge on any atom is -0.354 e. The molecule has 3 aromatic carbocycles. The number of anilines is 1. The first-order valence-corrected chi connectivity index (χ1v) is 14.4. The van der Waals surface area contributed by atoms with E-state index in [0.29, 0.717) is 13.0 Å². The fourth-order valence-electron chi connectivity index (χ4n) is 4.11. The largest absolute Gasteiger partial charge is 0.354 e. The van der Waals surface area contributed by atoms with Gasteiger partial charge in [0.25, 0.3) is 5.69 Å². The van der Waals surface area contributed by atoms with Crippen molar-refractivity contribution in [2.24, 2.45) is 0 Å². The van der Waals surface area contributed by atoms with E-state index in [4.69, 9.17) is 0 Å². The second kappa shape index (κ2) is 13.7. The Morgan fingerprint density at radius 2 is 1.70 bits per heavy atom. The Bertz CT molecular complexity index is 1450. The smallest absolute Gasteiger partial charge is 0.271 e. The summed E-state index contributed by atoms with van der Waals surface area (Å²) in [6.45, 7) is 1.14. The average Bonchev–Trinajstić information content (AvgIpc) is 2.93. The summed E-state index contributed by atoms with van der Waals surface area (Å²) in [6.07, 6.45) is 1.60. The zero-order chi connectivity index (χ0) is 29.3. The molecule has 1 N–H and O–H groups in total. The number of rotatable bonds is 13. The molecule has 0 aliphatic rings. The summed E-state index contributed by atoms with van der Waals surface area (Å²) in [5.41, 5.74) is 0.427. The number of carbonyl (C=O) groups excluding carboxylic acids is 2. The van der Waals surface area contributed by atoms with Gasteiger partial charge in [-0.25, -0.2) is 12.8 Å². The molecule has 0 spiro atoms. The highest BCUT2D eigenvalue weighted by molar-refractivity contribution is 7.92. The van der Waals surface area contributed by atoms with Crippen molar-refractivity contribution in [1.29, 1.82) is 0 Å². The van der Waals surface area contributed by atoms with Gasteiger partial charge in [-0.05, 0) is 24.1 Å². The molecule has 10 nitrogen and oxygen atoms in total. The number of hydrogen-bond donors (Lipinski definition) is 1. The summed E-state index contributed by atoms with van der Waals surface area (Å²) in [6, 6.07) is 18.5. The molecule has 3 rings (SSSR count). The maximum atomic E-state index is 14.7. The molecule has 0 fully saturated rings. The Hall–Kier alpha value is -4.32. The molecular weight excluding hydrogens is 539 g/mol. The predicted molar refractivity (Wildman–Crippen MR) is 149 cm³/mol. The molecule has 0 unspecified atom stereocenters. The lowest BCUT2D eigenvalue weighted by Gasteiger charge is -2.33. The van der Waals surface area contributed by atoms with Gasteiger partial charge in [-0.3, -0.25) is 24.0 Å². The maximum absolute atomic E-state index is 14.7. The maximum Gasteiger partial charge on any atom is 0.271 e. The Kier molecular flexibility index (Phi) is 10.3. The van der Waals surface area contributed by atoms with E-state index in [1.807, 2.05) is 6.92 Å². The van der Waals surface area contributed by atoms with Crippen LogP contribution in [0, 0.1) is 15.9 Å². The van der Waals surface area contributed by atoms with E-state index in [1.165, 1.54) is 36.4 Å². The van der Waals surface area contributed by atoms with Gasteiger partial charge < -0.3 is 10.2 Å². The van der Waals surface area contributed by atoms with Gasteiger partial charge in [0.1, 0.15) is 18.4 Å². The third kappa shape index (κ3) is 8.09. The lowest BCUT2D eigenvalue weighted by atomic mass is 10.0. The van der Waals surface area contributed by atoms with Crippen LogP contribution in [-0.2, 0) is 32.6 Å². The number of non-ortho nitro benzene ring substituents is 1. The molecular formula is C28H31FN4O6S. The number of nitrogens with one attached hydrogen (secondary N) is 1. The third-order valence-corrected chi connectivity index (χ3v) is 7.27. The Labute approximate surface area is 232 Å². The fourth-order valence-corrected chi connectivity index (χ4v) is 4.95. The number of halogens is 1. The zero-order valence-electron chi connectivity index (χ0n) is 22.2. The number of sulfonamides is 1. The van der Waals surface area contributed by atoms with E-state index in [1.54, 1.807) is 36.4 Å². The Morgan fingerprint density at radius 1 is 1.02 bits per heavy atom. The highest BCUT2D eigenvalue weighted by atomic mass is 32.2. The molecule has 1 atom stereocenters. The van der Waals surface area contributed by atoms with E-state index in [0.717, 1.165) is 27.1 Å². The summed E-state index contributed by atoms with van der Waals surface area (Å²) in [4.78, 5) is 39.1. The van der Waals surface area contributed by atoms with Crippen LogP contribution in [0.5, 0.6) is 0 Å². The highest BCUT2D eigenvalue weighted by Gasteiger charge is 2.33. The van der Waals surface area contributed by atoms with Crippen LogP contribution in [0.2, 0.25) is 0 Å². The fraction of sp³-hybridized carbons (Fsp3) is 0.286. The molecule has 0 bridgehead atoms. The molecule has 3 aromatic rings. The second-order valence-electron chi connectivity index (χ2n) is 9.16. The van der Waals surface area contributed by atoms with Crippen molar-refractivity contribution >= 4 is 33.2 Å². The topological polar surface area (TPSA) is 130 Å². The van der Waals surface area contributed by atoms with Crippen LogP contribution < -0.4 is 9.62 Å². The van der Waals surface area contributed by atoms with Crippen LogP contribution in [0.1, 0.15) is 24.5 Å². The van der Waals surface area contributed by atoms with Gasteiger partial charge in [-0.2, -0.15) is 0 Å². The predicted octanol–water partition coefficient (Wildman–Crippen LogP) is 3.67. The minimum absolute atomic E-state index is 0.0895. The normalized spacial score (nSPS) is 11.9. The van der Waals surface area contributed by atoms with Gasteiger partial charge in [0, 0.05) is 37.2 Å². The summed E-state index contributed by atoms with van der Waals surface area (Å²) < 4.78 is 41.0. The summed E-state index contributed by atoms with van der Waals surface area (Å²) in [7, 11) is -4.10. The number of benzene rings is 3. The lowest BCUT2D eigenvalue weighted by molar-refractivity contribution is -0.384. The molecule has 40 heavy (non-hydrogen) atoms. The van der Waals surface area contributed by atoms with E-state index in [2.05, 4.69) is 5.32 Å². The first-order chi connectivity index (χ1) is 19.0. The van der Waals surface area contributed by atoms with Gasteiger partial charge in [0.05, 0.1) is 16.9 Å².